The average molecular weight is 514 g/mol. The van der Waals surface area contributed by atoms with Crippen molar-refractivity contribution in [2.45, 2.75) is 6.54 Å². The van der Waals surface area contributed by atoms with Crippen molar-refractivity contribution < 1.29 is 14.3 Å². The van der Waals surface area contributed by atoms with Crippen molar-refractivity contribution in [1.82, 2.24) is 14.8 Å². The summed E-state index contributed by atoms with van der Waals surface area (Å²) in [7, 11) is 0. The molecule has 30 heavy (non-hydrogen) atoms. The molecule has 0 spiro atoms. The monoisotopic (exact) mass is 514 g/mol. The van der Waals surface area contributed by atoms with Crippen LogP contribution in [0.15, 0.2) is 73.1 Å². The first-order valence-electron chi connectivity index (χ1n) is 9.04. The second kappa shape index (κ2) is 8.62. The summed E-state index contributed by atoms with van der Waals surface area (Å²) in [5, 5.41) is 17.4. The summed E-state index contributed by atoms with van der Waals surface area (Å²) in [5.74, 6) is -1.35. The Kier molecular flexibility index (Phi) is 5.75. The quantitative estimate of drug-likeness (QED) is 0.280. The van der Waals surface area contributed by atoms with Crippen LogP contribution in [-0.4, -0.2) is 25.8 Å². The van der Waals surface area contributed by atoms with E-state index in [0.29, 0.717) is 21.6 Å². The first-order chi connectivity index (χ1) is 14.5. The molecule has 0 unspecified atom stereocenters. The average Bonchev–Trinajstić information content (AvgIpc) is 3.18. The Morgan fingerprint density at radius 2 is 1.83 bits per heavy atom. The highest BCUT2D eigenvalue weighted by Crippen LogP contribution is 2.27. The highest BCUT2D eigenvalue weighted by Gasteiger charge is 2.17. The van der Waals surface area contributed by atoms with Crippen LogP contribution in [0.2, 0.25) is 0 Å². The molecule has 0 aliphatic heterocycles. The first-order valence-corrected chi connectivity index (χ1v) is 10.1. The molecule has 0 aliphatic carbocycles. The fourth-order valence-electron chi connectivity index (χ4n) is 3.07. The minimum atomic E-state index is -1.03. The number of carboxylic acids is 1. The predicted octanol–water partition coefficient (Wildman–Crippen LogP) is 4.99. The molecule has 4 aromatic rings. The van der Waals surface area contributed by atoms with E-state index < -0.39 is 5.97 Å². The standard InChI is InChI=1S/C22H16FIN4O2/c23-16-8-6-14(7-9-16)19-15(13-28(27-19)17-4-2-1-3-5-17)12-26-20-18(22(29)30)10-11-25-21(20)24/h1-11,13,26H,12H2,(H,29,30). The molecule has 2 N–H and O–H groups in total. The van der Waals surface area contributed by atoms with E-state index in [1.54, 1.807) is 16.8 Å². The lowest BCUT2D eigenvalue weighted by atomic mass is 10.1. The molecule has 0 atom stereocenters. The molecule has 0 bridgehead atoms. The van der Waals surface area contributed by atoms with Gasteiger partial charge in [-0.2, -0.15) is 5.10 Å². The number of aromatic carboxylic acids is 1. The van der Waals surface area contributed by atoms with Crippen molar-refractivity contribution in [2.75, 3.05) is 5.32 Å². The summed E-state index contributed by atoms with van der Waals surface area (Å²) in [6.45, 7) is 0.321. The van der Waals surface area contributed by atoms with Gasteiger partial charge in [0.1, 0.15) is 9.52 Å². The lowest BCUT2D eigenvalue weighted by Crippen LogP contribution is -2.09. The number of para-hydroxylation sites is 1. The number of anilines is 1. The van der Waals surface area contributed by atoms with Gasteiger partial charge in [0.25, 0.3) is 0 Å². The molecular weight excluding hydrogens is 498 g/mol. The number of nitrogens with zero attached hydrogens (tertiary/aromatic N) is 3. The van der Waals surface area contributed by atoms with Crippen LogP contribution in [0.25, 0.3) is 16.9 Å². The number of halogens is 2. The van der Waals surface area contributed by atoms with Crippen LogP contribution in [0.1, 0.15) is 15.9 Å². The summed E-state index contributed by atoms with van der Waals surface area (Å²) in [5.41, 5.74) is 3.76. The SMILES string of the molecule is O=C(O)c1ccnc(I)c1NCc1cn(-c2ccccc2)nc1-c1ccc(F)cc1. The maximum Gasteiger partial charge on any atom is 0.337 e. The summed E-state index contributed by atoms with van der Waals surface area (Å²) >= 11 is 2.00. The third-order valence-electron chi connectivity index (χ3n) is 4.52. The number of benzene rings is 2. The lowest BCUT2D eigenvalue weighted by Gasteiger charge is -2.11. The summed E-state index contributed by atoms with van der Waals surface area (Å²) in [6.07, 6.45) is 3.35. The molecule has 0 radical (unpaired) electrons. The Hall–Kier alpha value is -3.27. The van der Waals surface area contributed by atoms with Gasteiger partial charge in [-0.3, -0.25) is 0 Å². The third kappa shape index (κ3) is 4.18. The predicted molar refractivity (Wildman–Crippen MR) is 120 cm³/mol. The zero-order chi connectivity index (χ0) is 21.1. The van der Waals surface area contributed by atoms with Crippen molar-refractivity contribution in [1.29, 1.82) is 0 Å². The van der Waals surface area contributed by atoms with E-state index in [1.807, 2.05) is 59.1 Å². The number of carboxylic acid groups (broad SMARTS) is 1. The van der Waals surface area contributed by atoms with Gasteiger partial charge in [0.2, 0.25) is 0 Å². The van der Waals surface area contributed by atoms with Gasteiger partial charge >= 0.3 is 5.97 Å². The van der Waals surface area contributed by atoms with E-state index in [1.165, 1.54) is 24.4 Å². The van der Waals surface area contributed by atoms with Crippen molar-refractivity contribution in [3.05, 3.63) is 93.7 Å². The van der Waals surface area contributed by atoms with Crippen LogP contribution in [0.3, 0.4) is 0 Å². The lowest BCUT2D eigenvalue weighted by molar-refractivity contribution is 0.0697. The van der Waals surface area contributed by atoms with Gasteiger partial charge in [0.05, 0.1) is 22.6 Å². The summed E-state index contributed by atoms with van der Waals surface area (Å²) in [4.78, 5) is 15.7. The third-order valence-corrected chi connectivity index (χ3v) is 5.34. The van der Waals surface area contributed by atoms with Crippen LogP contribution >= 0.6 is 22.6 Å². The van der Waals surface area contributed by atoms with Gasteiger partial charge in [0.15, 0.2) is 0 Å². The minimum Gasteiger partial charge on any atom is -0.478 e. The van der Waals surface area contributed by atoms with Gasteiger partial charge in [-0.25, -0.2) is 18.9 Å². The summed E-state index contributed by atoms with van der Waals surface area (Å²) < 4.78 is 15.7. The number of hydrogen-bond acceptors (Lipinski definition) is 4. The zero-order valence-electron chi connectivity index (χ0n) is 15.6. The molecule has 2 aromatic heterocycles. The molecule has 150 valence electrons. The van der Waals surface area contributed by atoms with Gasteiger partial charge in [-0.1, -0.05) is 18.2 Å². The maximum atomic E-state index is 13.4. The second-order valence-electron chi connectivity index (χ2n) is 6.47. The highest BCUT2D eigenvalue weighted by molar-refractivity contribution is 14.1. The Labute approximate surface area is 185 Å². The van der Waals surface area contributed by atoms with E-state index in [2.05, 4.69) is 10.3 Å². The number of aromatic nitrogens is 3. The maximum absolute atomic E-state index is 13.4. The zero-order valence-corrected chi connectivity index (χ0v) is 17.7. The molecule has 0 saturated heterocycles. The van der Waals surface area contributed by atoms with Crippen LogP contribution in [0, 0.1) is 9.52 Å². The topological polar surface area (TPSA) is 80.0 Å². The second-order valence-corrected chi connectivity index (χ2v) is 7.49. The number of nitrogens with one attached hydrogen (secondary N) is 1. The van der Waals surface area contributed by atoms with Crippen molar-refractivity contribution in [3.8, 4) is 16.9 Å². The van der Waals surface area contributed by atoms with E-state index in [0.717, 1.165) is 16.8 Å². The molecule has 6 nitrogen and oxygen atoms in total. The Balaban J connectivity index is 1.73. The fraction of sp³-hybridized carbons (Fsp3) is 0.0455. The molecule has 4 rings (SSSR count). The van der Waals surface area contributed by atoms with Crippen LogP contribution in [0.4, 0.5) is 10.1 Å². The van der Waals surface area contributed by atoms with Crippen molar-refractivity contribution in [2.24, 2.45) is 0 Å². The number of hydrogen-bond donors (Lipinski definition) is 2. The Bertz CT molecular complexity index is 1190. The summed E-state index contributed by atoms with van der Waals surface area (Å²) in [6, 6.07) is 17.2. The molecule has 0 fully saturated rings. The highest BCUT2D eigenvalue weighted by atomic mass is 127. The smallest absolute Gasteiger partial charge is 0.337 e. The Morgan fingerprint density at radius 3 is 2.53 bits per heavy atom. The molecule has 0 saturated carbocycles. The normalized spacial score (nSPS) is 10.7. The molecule has 8 heteroatoms. The van der Waals surface area contributed by atoms with Gasteiger partial charge in [-0.15, -0.1) is 0 Å². The molecular formula is C22H16FIN4O2. The van der Waals surface area contributed by atoms with E-state index >= 15 is 0 Å². The van der Waals surface area contributed by atoms with Gasteiger partial charge < -0.3 is 10.4 Å². The molecule has 2 heterocycles. The molecule has 2 aromatic carbocycles. The minimum absolute atomic E-state index is 0.146. The van der Waals surface area contributed by atoms with Crippen LogP contribution in [0.5, 0.6) is 0 Å². The van der Waals surface area contributed by atoms with Gasteiger partial charge in [0, 0.05) is 30.1 Å². The Morgan fingerprint density at radius 1 is 1.10 bits per heavy atom. The van der Waals surface area contributed by atoms with Crippen LogP contribution in [-0.2, 0) is 6.54 Å². The first kappa shape index (κ1) is 20.0. The van der Waals surface area contributed by atoms with Gasteiger partial charge in [-0.05, 0) is 65.1 Å². The van der Waals surface area contributed by atoms with E-state index in [-0.39, 0.29) is 11.4 Å². The number of pyridine rings is 1. The van der Waals surface area contributed by atoms with E-state index in [4.69, 9.17) is 5.10 Å². The van der Waals surface area contributed by atoms with E-state index in [9.17, 15) is 14.3 Å². The molecule has 0 aliphatic rings. The van der Waals surface area contributed by atoms with Crippen molar-refractivity contribution >= 4 is 34.2 Å². The van der Waals surface area contributed by atoms with Crippen molar-refractivity contribution in [3.63, 3.8) is 0 Å². The molecule has 0 amide bonds. The van der Waals surface area contributed by atoms with Crippen LogP contribution < -0.4 is 5.32 Å². The largest absolute Gasteiger partial charge is 0.478 e. The fourth-order valence-corrected chi connectivity index (χ4v) is 3.71. The number of carbonyl (C=O) groups is 1. The number of rotatable bonds is 6.